The molecular weight excluding hydrogens is 200 g/mol. The van der Waals surface area contributed by atoms with Crippen molar-refractivity contribution >= 4 is 5.91 Å². The minimum Gasteiger partial charge on any atom is -0.355 e. The molecule has 0 bridgehead atoms. The second-order valence-electron chi connectivity index (χ2n) is 4.72. The fraction of sp³-hybridized carbons (Fsp3) is 0.846. The third-order valence-corrected chi connectivity index (χ3v) is 3.34. The molecule has 0 aliphatic heterocycles. The first kappa shape index (κ1) is 13.0. The van der Waals surface area contributed by atoms with Gasteiger partial charge in [0.2, 0.25) is 5.91 Å². The molecule has 1 N–H and O–H groups in total. The Bertz CT molecular complexity index is 251. The Kier molecular flexibility index (Phi) is 5.92. The average Bonchev–Trinajstić information content (AvgIpc) is 2.34. The molecule has 0 radical (unpaired) electrons. The molecule has 1 saturated carbocycles. The number of amides is 1. The summed E-state index contributed by atoms with van der Waals surface area (Å²) in [5.41, 5.74) is 0. The Labute approximate surface area is 98.2 Å². The molecule has 0 aromatic heterocycles. The minimum atomic E-state index is -0.450. The second kappa shape index (κ2) is 7.27. The summed E-state index contributed by atoms with van der Waals surface area (Å²) >= 11 is 0. The highest BCUT2D eigenvalue weighted by molar-refractivity contribution is 5.80. The van der Waals surface area contributed by atoms with Crippen molar-refractivity contribution in [1.29, 1.82) is 5.26 Å². The van der Waals surface area contributed by atoms with Gasteiger partial charge in [-0.15, -0.1) is 0 Å². The van der Waals surface area contributed by atoms with Crippen molar-refractivity contribution in [2.75, 3.05) is 6.54 Å². The van der Waals surface area contributed by atoms with Gasteiger partial charge in [-0.05, 0) is 25.2 Å². The molecule has 0 heterocycles. The average molecular weight is 222 g/mol. The maximum Gasteiger partial charge on any atom is 0.237 e. The van der Waals surface area contributed by atoms with Crippen molar-refractivity contribution < 1.29 is 4.79 Å². The normalized spacial score (nSPS) is 18.8. The highest BCUT2D eigenvalue weighted by Gasteiger charge is 2.19. The number of nitrogens with zero attached hydrogens (tertiary/aromatic N) is 1. The molecule has 1 aliphatic carbocycles. The summed E-state index contributed by atoms with van der Waals surface area (Å²) in [5, 5.41) is 11.8. The summed E-state index contributed by atoms with van der Waals surface area (Å²) < 4.78 is 0. The highest BCUT2D eigenvalue weighted by Crippen LogP contribution is 2.22. The van der Waals surface area contributed by atoms with E-state index in [0.29, 0.717) is 12.3 Å². The van der Waals surface area contributed by atoms with Crippen LogP contribution in [0.3, 0.4) is 0 Å². The predicted octanol–water partition coefficient (Wildman–Crippen LogP) is 2.62. The molecule has 3 nitrogen and oxygen atoms in total. The second-order valence-corrected chi connectivity index (χ2v) is 4.72. The van der Waals surface area contributed by atoms with Gasteiger partial charge in [-0.2, -0.15) is 5.26 Å². The van der Waals surface area contributed by atoms with Crippen LogP contribution in [-0.4, -0.2) is 12.5 Å². The highest BCUT2D eigenvalue weighted by atomic mass is 16.1. The van der Waals surface area contributed by atoms with E-state index in [1.165, 1.54) is 32.1 Å². The van der Waals surface area contributed by atoms with Crippen LogP contribution in [0.4, 0.5) is 0 Å². The summed E-state index contributed by atoms with van der Waals surface area (Å²) in [6.07, 6.45) is 7.92. The van der Waals surface area contributed by atoms with E-state index in [1.54, 1.807) is 0 Å². The monoisotopic (exact) mass is 222 g/mol. The van der Waals surface area contributed by atoms with Crippen LogP contribution < -0.4 is 5.32 Å². The van der Waals surface area contributed by atoms with Crippen LogP contribution >= 0.6 is 0 Å². The third-order valence-electron chi connectivity index (χ3n) is 3.34. The number of carbonyl (C=O) groups excluding carboxylic acids is 1. The van der Waals surface area contributed by atoms with Crippen LogP contribution in [-0.2, 0) is 4.79 Å². The largest absolute Gasteiger partial charge is 0.355 e. The van der Waals surface area contributed by atoms with E-state index in [4.69, 9.17) is 5.26 Å². The molecule has 0 aromatic rings. The van der Waals surface area contributed by atoms with Crippen LogP contribution in [0.15, 0.2) is 0 Å². The smallest absolute Gasteiger partial charge is 0.237 e. The Morgan fingerprint density at radius 2 is 2.12 bits per heavy atom. The summed E-state index contributed by atoms with van der Waals surface area (Å²) in [4.78, 5) is 11.7. The van der Waals surface area contributed by atoms with Crippen LogP contribution in [0.2, 0.25) is 0 Å². The summed E-state index contributed by atoms with van der Waals surface area (Å²) in [5.74, 6) is 0.113. The lowest BCUT2D eigenvalue weighted by atomic mass is 9.89. The fourth-order valence-electron chi connectivity index (χ4n) is 2.30. The first-order valence-electron chi connectivity index (χ1n) is 6.45. The van der Waals surface area contributed by atoms with Crippen molar-refractivity contribution in [3.05, 3.63) is 0 Å². The summed E-state index contributed by atoms with van der Waals surface area (Å²) in [6, 6.07) is 2.08. The lowest BCUT2D eigenvalue weighted by Crippen LogP contribution is -2.34. The Morgan fingerprint density at radius 1 is 1.44 bits per heavy atom. The predicted molar refractivity (Wildman–Crippen MR) is 63.6 cm³/mol. The van der Waals surface area contributed by atoms with Gasteiger partial charge in [-0.3, -0.25) is 4.79 Å². The number of rotatable bonds is 5. The molecule has 1 rings (SSSR count). The number of hydrogen-bond donors (Lipinski definition) is 1. The van der Waals surface area contributed by atoms with E-state index in [9.17, 15) is 4.79 Å². The van der Waals surface area contributed by atoms with Gasteiger partial charge in [-0.1, -0.05) is 32.6 Å². The lowest BCUT2D eigenvalue weighted by molar-refractivity contribution is -0.123. The van der Waals surface area contributed by atoms with Crippen LogP contribution in [0, 0.1) is 23.2 Å². The first-order valence-corrected chi connectivity index (χ1v) is 6.45. The zero-order valence-electron chi connectivity index (χ0n) is 10.2. The Morgan fingerprint density at radius 3 is 2.69 bits per heavy atom. The Balaban J connectivity index is 2.25. The van der Waals surface area contributed by atoms with Crippen LogP contribution in [0.5, 0.6) is 0 Å². The van der Waals surface area contributed by atoms with E-state index in [-0.39, 0.29) is 5.91 Å². The van der Waals surface area contributed by atoms with E-state index in [0.717, 1.165) is 13.0 Å². The van der Waals surface area contributed by atoms with Gasteiger partial charge in [-0.25, -0.2) is 0 Å². The van der Waals surface area contributed by atoms with Crippen molar-refractivity contribution in [3.63, 3.8) is 0 Å². The summed E-state index contributed by atoms with van der Waals surface area (Å²) in [6.45, 7) is 2.76. The molecular formula is C13H22N2O. The molecule has 0 aromatic carbocycles. The minimum absolute atomic E-state index is 0.0741. The molecule has 1 fully saturated rings. The fourth-order valence-corrected chi connectivity index (χ4v) is 2.30. The zero-order chi connectivity index (χ0) is 11.8. The molecule has 1 aliphatic rings. The molecule has 1 atom stereocenters. The molecule has 1 amide bonds. The SMILES string of the molecule is CCCC(C#N)C(=O)NCC1CCCCC1. The number of nitriles is 1. The zero-order valence-corrected chi connectivity index (χ0v) is 10.2. The van der Waals surface area contributed by atoms with E-state index >= 15 is 0 Å². The van der Waals surface area contributed by atoms with Gasteiger partial charge in [0, 0.05) is 6.54 Å². The molecule has 16 heavy (non-hydrogen) atoms. The maximum absolute atomic E-state index is 11.7. The van der Waals surface area contributed by atoms with Gasteiger partial charge in [0.15, 0.2) is 0 Å². The van der Waals surface area contributed by atoms with E-state index in [2.05, 4.69) is 11.4 Å². The molecule has 0 saturated heterocycles. The summed E-state index contributed by atoms with van der Waals surface area (Å²) in [7, 11) is 0. The standard InChI is InChI=1S/C13H22N2O/c1-2-6-12(9-14)13(16)15-10-11-7-4-3-5-8-11/h11-12H,2-8,10H2,1H3,(H,15,16). The van der Waals surface area contributed by atoms with E-state index in [1.807, 2.05) is 6.92 Å². The third kappa shape index (κ3) is 4.22. The molecule has 90 valence electrons. The topological polar surface area (TPSA) is 52.9 Å². The number of hydrogen-bond acceptors (Lipinski definition) is 2. The molecule has 1 unspecified atom stereocenters. The lowest BCUT2D eigenvalue weighted by Gasteiger charge is -2.22. The van der Waals surface area contributed by atoms with Crippen molar-refractivity contribution in [2.45, 2.75) is 51.9 Å². The van der Waals surface area contributed by atoms with Crippen LogP contribution in [0.25, 0.3) is 0 Å². The molecule has 0 spiro atoms. The van der Waals surface area contributed by atoms with Gasteiger partial charge < -0.3 is 5.32 Å². The van der Waals surface area contributed by atoms with Gasteiger partial charge in [0.25, 0.3) is 0 Å². The maximum atomic E-state index is 11.7. The van der Waals surface area contributed by atoms with Crippen LogP contribution in [0.1, 0.15) is 51.9 Å². The van der Waals surface area contributed by atoms with Gasteiger partial charge in [0.1, 0.15) is 5.92 Å². The first-order chi connectivity index (χ1) is 7.77. The van der Waals surface area contributed by atoms with Crippen molar-refractivity contribution in [2.24, 2.45) is 11.8 Å². The Hall–Kier alpha value is -1.04. The molecule has 3 heteroatoms. The van der Waals surface area contributed by atoms with Gasteiger partial charge in [0.05, 0.1) is 6.07 Å². The van der Waals surface area contributed by atoms with E-state index < -0.39 is 5.92 Å². The van der Waals surface area contributed by atoms with Gasteiger partial charge >= 0.3 is 0 Å². The number of nitrogens with one attached hydrogen (secondary N) is 1. The van der Waals surface area contributed by atoms with Crippen molar-refractivity contribution in [1.82, 2.24) is 5.32 Å². The quantitative estimate of drug-likeness (QED) is 0.777. The number of carbonyl (C=O) groups is 1. The van der Waals surface area contributed by atoms with Crippen molar-refractivity contribution in [3.8, 4) is 6.07 Å².